The number of rotatable bonds is 3. The van der Waals surface area contributed by atoms with Crippen LogP contribution in [0, 0.1) is 0 Å². The summed E-state index contributed by atoms with van der Waals surface area (Å²) in [6.07, 6.45) is 5.31. The topological polar surface area (TPSA) is 64.7 Å². The minimum Gasteiger partial charge on any atom is -0.326 e. The van der Waals surface area contributed by atoms with Crippen molar-refractivity contribution >= 4 is 0 Å². The van der Waals surface area contributed by atoms with Gasteiger partial charge in [-0.2, -0.15) is 0 Å². The zero-order valence-electron chi connectivity index (χ0n) is 10.9. The highest BCUT2D eigenvalue weighted by molar-refractivity contribution is 5.62. The molecule has 3 rings (SSSR count). The van der Waals surface area contributed by atoms with Crippen LogP contribution in [0.3, 0.4) is 0 Å². The third-order valence-corrected chi connectivity index (χ3v) is 3.06. The molecule has 0 fully saturated rings. The lowest BCUT2D eigenvalue weighted by Crippen LogP contribution is -1.96. The number of hydrogen-bond acceptors (Lipinski definition) is 4. The van der Waals surface area contributed by atoms with Crippen molar-refractivity contribution in [1.82, 2.24) is 15.0 Å². The van der Waals surface area contributed by atoms with E-state index >= 15 is 0 Å². The van der Waals surface area contributed by atoms with Crippen molar-refractivity contribution in [3.8, 4) is 22.6 Å². The van der Waals surface area contributed by atoms with Crippen LogP contribution >= 0.6 is 0 Å². The second-order valence-corrected chi connectivity index (χ2v) is 4.41. The summed E-state index contributed by atoms with van der Waals surface area (Å²) in [7, 11) is 0. The monoisotopic (exact) mass is 262 g/mol. The van der Waals surface area contributed by atoms with Gasteiger partial charge in [-0.25, -0.2) is 9.97 Å². The molecule has 0 saturated carbocycles. The second kappa shape index (κ2) is 5.59. The van der Waals surface area contributed by atoms with Gasteiger partial charge in [-0.1, -0.05) is 24.3 Å². The highest BCUT2D eigenvalue weighted by atomic mass is 14.9. The van der Waals surface area contributed by atoms with Crippen molar-refractivity contribution in [2.75, 3.05) is 0 Å². The van der Waals surface area contributed by atoms with Crippen LogP contribution < -0.4 is 5.73 Å². The van der Waals surface area contributed by atoms with Crippen LogP contribution in [0.15, 0.2) is 61.1 Å². The summed E-state index contributed by atoms with van der Waals surface area (Å²) < 4.78 is 0. The van der Waals surface area contributed by atoms with E-state index in [1.165, 1.54) is 0 Å². The third-order valence-electron chi connectivity index (χ3n) is 3.06. The molecule has 0 aliphatic rings. The molecule has 98 valence electrons. The fourth-order valence-electron chi connectivity index (χ4n) is 1.96. The molecule has 0 amide bonds. The van der Waals surface area contributed by atoms with Gasteiger partial charge in [-0.3, -0.25) is 4.98 Å². The fourth-order valence-corrected chi connectivity index (χ4v) is 1.96. The maximum Gasteiger partial charge on any atom is 0.159 e. The maximum absolute atomic E-state index is 5.60. The Morgan fingerprint density at radius 1 is 0.900 bits per heavy atom. The predicted octanol–water partition coefficient (Wildman–Crippen LogP) is 2.66. The number of nitrogens with two attached hydrogens (primary N) is 1. The smallest absolute Gasteiger partial charge is 0.159 e. The van der Waals surface area contributed by atoms with E-state index in [9.17, 15) is 0 Å². The van der Waals surface area contributed by atoms with E-state index in [-0.39, 0.29) is 0 Å². The average Bonchev–Trinajstić information content (AvgIpc) is 2.56. The van der Waals surface area contributed by atoms with Crippen LogP contribution in [0.25, 0.3) is 22.6 Å². The molecule has 0 radical (unpaired) electrons. The Morgan fingerprint density at radius 2 is 1.75 bits per heavy atom. The molecule has 0 bridgehead atoms. The van der Waals surface area contributed by atoms with E-state index in [0.29, 0.717) is 12.4 Å². The zero-order valence-corrected chi connectivity index (χ0v) is 10.9. The van der Waals surface area contributed by atoms with Crippen molar-refractivity contribution in [2.24, 2.45) is 5.73 Å². The summed E-state index contributed by atoms with van der Waals surface area (Å²) in [5.74, 6) is 0.704. The van der Waals surface area contributed by atoms with Crippen LogP contribution in [0.5, 0.6) is 0 Å². The fraction of sp³-hybridized carbons (Fsp3) is 0.0625. The molecule has 2 heterocycles. The summed E-state index contributed by atoms with van der Waals surface area (Å²) in [5.41, 5.74) is 9.52. The first-order valence-electron chi connectivity index (χ1n) is 6.39. The van der Waals surface area contributed by atoms with Gasteiger partial charge < -0.3 is 5.73 Å². The Bertz CT molecular complexity index is 693. The Labute approximate surface area is 117 Å². The van der Waals surface area contributed by atoms with E-state index < -0.39 is 0 Å². The average molecular weight is 262 g/mol. The molecule has 1 aromatic carbocycles. The van der Waals surface area contributed by atoms with Crippen molar-refractivity contribution in [3.05, 3.63) is 66.6 Å². The molecule has 0 aliphatic carbocycles. The number of nitrogens with zero attached hydrogens (tertiary/aromatic N) is 3. The van der Waals surface area contributed by atoms with Gasteiger partial charge in [0.05, 0.1) is 5.69 Å². The molecule has 4 nitrogen and oxygen atoms in total. The van der Waals surface area contributed by atoms with Gasteiger partial charge in [0.1, 0.15) is 0 Å². The van der Waals surface area contributed by atoms with Crippen molar-refractivity contribution in [2.45, 2.75) is 6.54 Å². The van der Waals surface area contributed by atoms with E-state index in [0.717, 1.165) is 22.4 Å². The first-order valence-corrected chi connectivity index (χ1v) is 6.39. The molecular weight excluding hydrogens is 248 g/mol. The SMILES string of the molecule is NCc1ccc(-c2nccc(-c3cccnc3)n2)cc1. The third kappa shape index (κ3) is 2.55. The molecule has 2 N–H and O–H groups in total. The van der Waals surface area contributed by atoms with Gasteiger partial charge >= 0.3 is 0 Å². The highest BCUT2D eigenvalue weighted by Gasteiger charge is 2.04. The highest BCUT2D eigenvalue weighted by Crippen LogP contribution is 2.20. The summed E-state index contributed by atoms with van der Waals surface area (Å²) in [5, 5.41) is 0. The van der Waals surface area contributed by atoms with E-state index in [1.54, 1.807) is 18.6 Å². The van der Waals surface area contributed by atoms with Crippen molar-refractivity contribution in [1.29, 1.82) is 0 Å². The number of hydrogen-bond donors (Lipinski definition) is 1. The van der Waals surface area contributed by atoms with Crippen LogP contribution in [0.4, 0.5) is 0 Å². The standard InChI is InChI=1S/C16H14N4/c17-10-12-3-5-13(6-4-12)16-19-9-7-15(20-16)14-2-1-8-18-11-14/h1-9,11H,10,17H2. The number of aromatic nitrogens is 3. The quantitative estimate of drug-likeness (QED) is 0.788. The Morgan fingerprint density at radius 3 is 2.45 bits per heavy atom. The van der Waals surface area contributed by atoms with Crippen LogP contribution in [0.2, 0.25) is 0 Å². The van der Waals surface area contributed by atoms with E-state index in [1.807, 2.05) is 42.5 Å². The Kier molecular flexibility index (Phi) is 3.48. The molecule has 0 spiro atoms. The zero-order chi connectivity index (χ0) is 13.8. The minimum atomic E-state index is 0.539. The largest absolute Gasteiger partial charge is 0.326 e. The lowest BCUT2D eigenvalue weighted by atomic mass is 10.1. The number of benzene rings is 1. The van der Waals surface area contributed by atoms with E-state index in [4.69, 9.17) is 5.73 Å². The molecular formula is C16H14N4. The van der Waals surface area contributed by atoms with Crippen LogP contribution in [-0.2, 0) is 6.54 Å². The first kappa shape index (κ1) is 12.4. The first-order chi connectivity index (χ1) is 9.86. The lowest BCUT2D eigenvalue weighted by Gasteiger charge is -2.04. The molecule has 0 unspecified atom stereocenters. The Hall–Kier alpha value is -2.59. The van der Waals surface area contributed by atoms with Gasteiger partial charge in [-0.15, -0.1) is 0 Å². The molecule has 0 aliphatic heterocycles. The lowest BCUT2D eigenvalue weighted by molar-refractivity contribution is 1.07. The second-order valence-electron chi connectivity index (χ2n) is 4.41. The summed E-state index contributed by atoms with van der Waals surface area (Å²) in [6.45, 7) is 0.539. The Balaban J connectivity index is 1.98. The maximum atomic E-state index is 5.60. The molecule has 20 heavy (non-hydrogen) atoms. The number of pyridine rings is 1. The molecule has 0 atom stereocenters. The minimum absolute atomic E-state index is 0.539. The predicted molar refractivity (Wildman–Crippen MR) is 78.6 cm³/mol. The molecule has 0 saturated heterocycles. The van der Waals surface area contributed by atoms with E-state index in [2.05, 4.69) is 15.0 Å². The van der Waals surface area contributed by atoms with Crippen molar-refractivity contribution in [3.63, 3.8) is 0 Å². The molecule has 4 heteroatoms. The molecule has 3 aromatic rings. The van der Waals surface area contributed by atoms with Crippen LogP contribution in [0.1, 0.15) is 5.56 Å². The van der Waals surface area contributed by atoms with Gasteiger partial charge in [0.15, 0.2) is 5.82 Å². The van der Waals surface area contributed by atoms with Gasteiger partial charge in [0.25, 0.3) is 0 Å². The summed E-state index contributed by atoms with van der Waals surface area (Å²) in [6, 6.07) is 13.7. The summed E-state index contributed by atoms with van der Waals surface area (Å²) in [4.78, 5) is 13.0. The van der Waals surface area contributed by atoms with Gasteiger partial charge in [0, 0.05) is 36.3 Å². The van der Waals surface area contributed by atoms with Gasteiger partial charge in [0.2, 0.25) is 0 Å². The van der Waals surface area contributed by atoms with Gasteiger partial charge in [-0.05, 0) is 23.8 Å². The van der Waals surface area contributed by atoms with Crippen molar-refractivity contribution < 1.29 is 0 Å². The molecule has 2 aromatic heterocycles. The summed E-state index contributed by atoms with van der Waals surface area (Å²) >= 11 is 0. The normalized spacial score (nSPS) is 10.4. The van der Waals surface area contributed by atoms with Crippen LogP contribution in [-0.4, -0.2) is 15.0 Å².